The van der Waals surface area contributed by atoms with E-state index in [-0.39, 0.29) is 24.6 Å². The van der Waals surface area contributed by atoms with E-state index in [9.17, 15) is 15.2 Å². The number of hydrogen-bond donors (Lipinski definition) is 1. The van der Waals surface area contributed by atoms with Crippen molar-refractivity contribution >= 4 is 22.6 Å². The van der Waals surface area contributed by atoms with Crippen LogP contribution in [-0.2, 0) is 11.2 Å². The van der Waals surface area contributed by atoms with Crippen molar-refractivity contribution in [3.8, 4) is 5.88 Å². The largest absolute Gasteiger partial charge is 0.476 e. The quantitative estimate of drug-likeness (QED) is 0.353. The minimum atomic E-state index is -0.423. The molecule has 1 aliphatic heterocycles. The van der Waals surface area contributed by atoms with Crippen molar-refractivity contribution in [2.75, 3.05) is 13.2 Å². The number of imidazole rings is 2. The van der Waals surface area contributed by atoms with Crippen LogP contribution in [0.3, 0.4) is 0 Å². The molecule has 0 amide bonds. The topological polar surface area (TPSA) is 130 Å². The number of rotatable bonds is 7. The lowest BCUT2D eigenvalue weighted by Gasteiger charge is -2.15. The highest BCUT2D eigenvalue weighted by atomic mass is 16.6. The second kappa shape index (κ2) is 7.93. The Bertz CT molecular complexity index is 1230. The second-order valence-corrected chi connectivity index (χ2v) is 7.33. The fourth-order valence-electron chi connectivity index (χ4n) is 3.82. The van der Waals surface area contributed by atoms with Gasteiger partial charge >= 0.3 is 0 Å². The van der Waals surface area contributed by atoms with Gasteiger partial charge in [-0.15, -0.1) is 0 Å². The molecule has 5 rings (SSSR count). The lowest BCUT2D eigenvalue weighted by Crippen LogP contribution is -2.14. The summed E-state index contributed by atoms with van der Waals surface area (Å²) in [6.45, 7) is 0.318. The van der Waals surface area contributed by atoms with E-state index in [1.807, 2.05) is 15.2 Å². The minimum Gasteiger partial charge on any atom is -0.476 e. The Morgan fingerprint density at radius 1 is 1.26 bits per heavy atom. The zero-order valence-electron chi connectivity index (χ0n) is 16.5. The standard InChI is InChI=1S/C20H20N6O5/c27-11-15-5-6-16(31-15)25-12-22-17-18(23-20-21-8-9-24(20)19(17)25)30-10-7-13-1-3-14(4-2-13)26(28)29/h1-4,8-9,12,15-16,27H,5-7,10-11H2. The van der Waals surface area contributed by atoms with Crippen LogP contribution in [0.1, 0.15) is 24.6 Å². The first-order chi connectivity index (χ1) is 15.1. The summed E-state index contributed by atoms with van der Waals surface area (Å²) in [5.74, 6) is 0.849. The van der Waals surface area contributed by atoms with Crippen molar-refractivity contribution in [3.63, 3.8) is 0 Å². The van der Waals surface area contributed by atoms with Gasteiger partial charge in [-0.1, -0.05) is 12.1 Å². The predicted octanol–water partition coefficient (Wildman–Crippen LogP) is 2.28. The molecule has 1 N–H and O–H groups in total. The third-order valence-electron chi connectivity index (χ3n) is 5.40. The molecular weight excluding hydrogens is 404 g/mol. The van der Waals surface area contributed by atoms with Crippen LogP contribution in [0.15, 0.2) is 43.0 Å². The molecule has 3 aromatic heterocycles. The van der Waals surface area contributed by atoms with Gasteiger partial charge in [0, 0.05) is 30.9 Å². The first kappa shape index (κ1) is 19.4. The first-order valence-corrected chi connectivity index (χ1v) is 9.96. The summed E-state index contributed by atoms with van der Waals surface area (Å²) in [6, 6.07) is 6.38. The van der Waals surface area contributed by atoms with E-state index in [4.69, 9.17) is 9.47 Å². The van der Waals surface area contributed by atoms with Crippen LogP contribution < -0.4 is 4.74 Å². The average molecular weight is 424 g/mol. The number of fused-ring (bicyclic) bond motifs is 3. The molecule has 2 unspecified atom stereocenters. The highest BCUT2D eigenvalue weighted by molar-refractivity contribution is 5.79. The van der Waals surface area contributed by atoms with Gasteiger partial charge in [-0.2, -0.15) is 4.98 Å². The van der Waals surface area contributed by atoms with Crippen LogP contribution in [0.5, 0.6) is 5.88 Å². The van der Waals surface area contributed by atoms with Crippen molar-refractivity contribution < 1.29 is 19.5 Å². The van der Waals surface area contributed by atoms with Crippen LogP contribution in [0, 0.1) is 10.1 Å². The Morgan fingerprint density at radius 2 is 2.10 bits per heavy atom. The summed E-state index contributed by atoms with van der Waals surface area (Å²) in [7, 11) is 0. The number of nitrogens with zero attached hydrogens (tertiary/aromatic N) is 6. The third kappa shape index (κ3) is 3.57. The molecule has 0 radical (unpaired) electrons. The minimum absolute atomic E-state index is 0.0117. The smallest absolute Gasteiger partial charge is 0.269 e. The number of aliphatic hydroxyl groups is 1. The molecule has 4 heterocycles. The van der Waals surface area contributed by atoms with Crippen molar-refractivity contribution in [2.24, 2.45) is 0 Å². The number of nitro groups is 1. The average Bonchev–Trinajstić information content (AvgIpc) is 3.52. The molecule has 11 heteroatoms. The van der Waals surface area contributed by atoms with Gasteiger partial charge in [0.15, 0.2) is 11.2 Å². The molecule has 1 saturated heterocycles. The molecule has 4 aromatic rings. The van der Waals surface area contributed by atoms with E-state index in [1.54, 1.807) is 24.7 Å². The summed E-state index contributed by atoms with van der Waals surface area (Å²) in [6.07, 6.45) is 6.85. The second-order valence-electron chi connectivity index (χ2n) is 7.33. The van der Waals surface area contributed by atoms with Gasteiger partial charge in [0.1, 0.15) is 6.23 Å². The highest BCUT2D eigenvalue weighted by Gasteiger charge is 2.28. The Morgan fingerprint density at radius 3 is 2.84 bits per heavy atom. The van der Waals surface area contributed by atoms with E-state index in [2.05, 4.69) is 15.0 Å². The fraction of sp³-hybridized carbons (Fsp3) is 0.350. The summed E-state index contributed by atoms with van der Waals surface area (Å²) in [5.41, 5.74) is 2.33. The third-order valence-corrected chi connectivity index (χ3v) is 5.40. The Labute approximate surface area is 176 Å². The number of non-ortho nitro benzene ring substituents is 1. The molecule has 31 heavy (non-hydrogen) atoms. The zero-order chi connectivity index (χ0) is 21.4. The molecule has 0 aliphatic carbocycles. The van der Waals surface area contributed by atoms with E-state index in [0.717, 1.165) is 24.1 Å². The van der Waals surface area contributed by atoms with Gasteiger partial charge in [-0.25, -0.2) is 9.97 Å². The maximum Gasteiger partial charge on any atom is 0.269 e. The molecular formula is C20H20N6O5. The van der Waals surface area contributed by atoms with Crippen LogP contribution in [0.2, 0.25) is 0 Å². The van der Waals surface area contributed by atoms with Gasteiger partial charge in [-0.05, 0) is 18.4 Å². The predicted molar refractivity (Wildman–Crippen MR) is 109 cm³/mol. The van der Waals surface area contributed by atoms with Crippen molar-refractivity contribution in [3.05, 3.63) is 58.7 Å². The number of ether oxygens (including phenoxy) is 2. The number of nitro benzene ring substituents is 1. The summed E-state index contributed by atoms with van der Waals surface area (Å²) < 4.78 is 15.6. The van der Waals surface area contributed by atoms with Crippen molar-refractivity contribution in [1.82, 2.24) is 23.9 Å². The van der Waals surface area contributed by atoms with Crippen molar-refractivity contribution in [1.29, 1.82) is 0 Å². The monoisotopic (exact) mass is 424 g/mol. The normalized spacial score (nSPS) is 18.7. The molecule has 0 saturated carbocycles. The van der Waals surface area contributed by atoms with Gasteiger partial charge in [0.25, 0.3) is 5.69 Å². The lowest BCUT2D eigenvalue weighted by molar-refractivity contribution is -0.384. The van der Waals surface area contributed by atoms with E-state index in [1.165, 1.54) is 12.1 Å². The number of hydrogen-bond acceptors (Lipinski definition) is 8. The molecule has 160 valence electrons. The van der Waals surface area contributed by atoms with Crippen LogP contribution in [0.4, 0.5) is 5.69 Å². The fourth-order valence-corrected chi connectivity index (χ4v) is 3.82. The Balaban J connectivity index is 1.40. The Hall–Kier alpha value is -3.57. The zero-order valence-corrected chi connectivity index (χ0v) is 16.5. The molecule has 0 spiro atoms. The van der Waals surface area contributed by atoms with Gasteiger partial charge in [0.2, 0.25) is 11.7 Å². The summed E-state index contributed by atoms with van der Waals surface area (Å²) in [5, 5.41) is 20.2. The maximum absolute atomic E-state index is 10.8. The number of benzene rings is 1. The van der Waals surface area contributed by atoms with Crippen LogP contribution in [0.25, 0.3) is 16.9 Å². The van der Waals surface area contributed by atoms with Gasteiger partial charge in [-0.3, -0.25) is 19.1 Å². The Kier molecular flexibility index (Phi) is 4.96. The molecule has 0 bridgehead atoms. The van der Waals surface area contributed by atoms with Crippen LogP contribution >= 0.6 is 0 Å². The number of aromatic nitrogens is 5. The highest BCUT2D eigenvalue weighted by Crippen LogP contribution is 2.33. The summed E-state index contributed by atoms with van der Waals surface area (Å²) >= 11 is 0. The lowest BCUT2D eigenvalue weighted by atomic mass is 10.1. The molecule has 2 atom stereocenters. The van der Waals surface area contributed by atoms with Gasteiger partial charge < -0.3 is 14.6 Å². The first-order valence-electron chi connectivity index (χ1n) is 9.96. The molecule has 1 fully saturated rings. The summed E-state index contributed by atoms with van der Waals surface area (Å²) in [4.78, 5) is 23.6. The van der Waals surface area contributed by atoms with E-state index in [0.29, 0.717) is 30.2 Å². The van der Waals surface area contributed by atoms with Crippen LogP contribution in [-0.4, -0.2) is 53.3 Å². The van der Waals surface area contributed by atoms with E-state index >= 15 is 0 Å². The number of aliphatic hydroxyl groups excluding tert-OH is 1. The molecule has 1 aromatic carbocycles. The molecule has 11 nitrogen and oxygen atoms in total. The van der Waals surface area contributed by atoms with Gasteiger partial charge in [0.05, 0.1) is 30.6 Å². The SMILES string of the molecule is O=[N+]([O-])c1ccc(CCOc2nc3nccn3c3c2ncn3C2CCC(CO)O2)cc1. The van der Waals surface area contributed by atoms with Crippen molar-refractivity contribution in [2.45, 2.75) is 31.6 Å². The molecule has 1 aliphatic rings. The maximum atomic E-state index is 10.8. The van der Waals surface area contributed by atoms with E-state index < -0.39 is 4.92 Å².